The van der Waals surface area contributed by atoms with E-state index in [0.29, 0.717) is 35.5 Å². The van der Waals surface area contributed by atoms with Crippen molar-refractivity contribution in [3.05, 3.63) is 57.4 Å². The van der Waals surface area contributed by atoms with Crippen LogP contribution < -0.4 is 16.0 Å². The van der Waals surface area contributed by atoms with E-state index in [0.717, 1.165) is 18.4 Å². The molecule has 3 heterocycles. The molecular weight excluding hydrogens is 334 g/mol. The molecule has 1 atom stereocenters. The molecule has 0 radical (unpaired) electrons. The number of nitrogens with one attached hydrogen (secondary N) is 1. The SMILES string of the molecule is COc1ccccc1-c1ccnc2c1c(=O)[nH]c(=O)n2C[C@@H]1CCCO1. The van der Waals surface area contributed by atoms with E-state index in [4.69, 9.17) is 9.47 Å². The zero-order valence-electron chi connectivity index (χ0n) is 14.4. The first-order valence-electron chi connectivity index (χ1n) is 8.56. The number of aromatic amines is 1. The number of aromatic nitrogens is 3. The zero-order valence-corrected chi connectivity index (χ0v) is 14.4. The average molecular weight is 353 g/mol. The van der Waals surface area contributed by atoms with E-state index >= 15 is 0 Å². The van der Waals surface area contributed by atoms with E-state index in [9.17, 15) is 9.59 Å². The van der Waals surface area contributed by atoms with Crippen LogP contribution >= 0.6 is 0 Å². The Balaban J connectivity index is 1.96. The first-order valence-corrected chi connectivity index (χ1v) is 8.56. The predicted octanol–water partition coefficient (Wildman–Crippen LogP) is 1.94. The second kappa shape index (κ2) is 6.76. The van der Waals surface area contributed by atoms with Crippen molar-refractivity contribution < 1.29 is 9.47 Å². The van der Waals surface area contributed by atoms with Gasteiger partial charge in [0, 0.05) is 23.9 Å². The number of fused-ring (bicyclic) bond motifs is 1. The Morgan fingerprint density at radius 3 is 2.88 bits per heavy atom. The van der Waals surface area contributed by atoms with Crippen LogP contribution in [0, 0.1) is 0 Å². The van der Waals surface area contributed by atoms with Crippen molar-refractivity contribution in [3.8, 4) is 16.9 Å². The van der Waals surface area contributed by atoms with E-state index < -0.39 is 11.2 Å². The van der Waals surface area contributed by atoms with Crippen molar-refractivity contribution in [3.63, 3.8) is 0 Å². The van der Waals surface area contributed by atoms with Gasteiger partial charge in [0.2, 0.25) is 0 Å². The van der Waals surface area contributed by atoms with Gasteiger partial charge in [0.1, 0.15) is 11.4 Å². The molecular formula is C19H19N3O4. The summed E-state index contributed by atoms with van der Waals surface area (Å²) < 4.78 is 12.6. The lowest BCUT2D eigenvalue weighted by Crippen LogP contribution is -2.34. The Kier molecular flexibility index (Phi) is 4.30. The van der Waals surface area contributed by atoms with Gasteiger partial charge >= 0.3 is 5.69 Å². The normalized spacial score (nSPS) is 16.9. The van der Waals surface area contributed by atoms with Crippen LogP contribution in [0.2, 0.25) is 0 Å². The van der Waals surface area contributed by atoms with Crippen LogP contribution in [0.3, 0.4) is 0 Å². The standard InChI is InChI=1S/C19H19N3O4/c1-25-15-7-3-2-6-13(15)14-8-9-20-17-16(14)18(23)21-19(24)22(17)11-12-5-4-10-26-12/h2-3,6-9,12H,4-5,10-11H2,1H3,(H,21,23,24)/t12-/m0/s1. The second-order valence-corrected chi connectivity index (χ2v) is 6.26. The van der Waals surface area contributed by atoms with E-state index in [-0.39, 0.29) is 6.10 Å². The summed E-state index contributed by atoms with van der Waals surface area (Å²) in [6.07, 6.45) is 3.42. The number of ether oxygens (including phenoxy) is 2. The molecule has 4 rings (SSSR count). The maximum atomic E-state index is 12.6. The molecule has 1 fully saturated rings. The molecule has 134 valence electrons. The Bertz CT molecular complexity index is 1060. The van der Waals surface area contributed by atoms with Crippen molar-refractivity contribution in [2.75, 3.05) is 13.7 Å². The monoisotopic (exact) mass is 353 g/mol. The minimum atomic E-state index is -0.470. The van der Waals surface area contributed by atoms with E-state index in [1.165, 1.54) is 4.57 Å². The van der Waals surface area contributed by atoms with Gasteiger partial charge in [-0.05, 0) is 25.0 Å². The molecule has 0 saturated carbocycles. The third kappa shape index (κ3) is 2.80. The smallest absolute Gasteiger partial charge is 0.330 e. The number of para-hydroxylation sites is 1. The highest BCUT2D eigenvalue weighted by Crippen LogP contribution is 2.32. The lowest BCUT2D eigenvalue weighted by Gasteiger charge is -2.15. The predicted molar refractivity (Wildman–Crippen MR) is 97.6 cm³/mol. The van der Waals surface area contributed by atoms with Crippen molar-refractivity contribution in [1.29, 1.82) is 0 Å². The summed E-state index contributed by atoms with van der Waals surface area (Å²) in [5.41, 5.74) is 0.882. The fourth-order valence-corrected chi connectivity index (χ4v) is 3.46. The Morgan fingerprint density at radius 1 is 1.27 bits per heavy atom. The van der Waals surface area contributed by atoms with Gasteiger partial charge in [-0.2, -0.15) is 0 Å². The van der Waals surface area contributed by atoms with Crippen molar-refractivity contribution in [1.82, 2.24) is 14.5 Å². The summed E-state index contributed by atoms with van der Waals surface area (Å²) in [6.45, 7) is 1.06. The van der Waals surface area contributed by atoms with Crippen molar-refractivity contribution >= 4 is 11.0 Å². The molecule has 0 spiro atoms. The molecule has 7 heteroatoms. The van der Waals surface area contributed by atoms with Crippen LogP contribution in [0.5, 0.6) is 5.75 Å². The van der Waals surface area contributed by atoms with Crippen LogP contribution in [0.4, 0.5) is 0 Å². The van der Waals surface area contributed by atoms with Gasteiger partial charge in [0.25, 0.3) is 5.56 Å². The number of rotatable bonds is 4. The Hall–Kier alpha value is -2.93. The van der Waals surface area contributed by atoms with Crippen LogP contribution in [-0.4, -0.2) is 34.4 Å². The number of methoxy groups -OCH3 is 1. The van der Waals surface area contributed by atoms with Gasteiger partial charge in [-0.1, -0.05) is 18.2 Å². The molecule has 3 aromatic rings. The van der Waals surface area contributed by atoms with Gasteiger partial charge in [-0.15, -0.1) is 0 Å². The van der Waals surface area contributed by atoms with Crippen LogP contribution in [0.15, 0.2) is 46.1 Å². The summed E-state index contributed by atoms with van der Waals surface area (Å²) >= 11 is 0. The maximum Gasteiger partial charge on any atom is 0.330 e. The molecule has 1 N–H and O–H groups in total. The number of H-pyrrole nitrogens is 1. The molecule has 2 aromatic heterocycles. The van der Waals surface area contributed by atoms with Crippen LogP contribution in [0.1, 0.15) is 12.8 Å². The highest BCUT2D eigenvalue weighted by atomic mass is 16.5. The molecule has 7 nitrogen and oxygen atoms in total. The van der Waals surface area contributed by atoms with Crippen LogP contribution in [-0.2, 0) is 11.3 Å². The summed E-state index contributed by atoms with van der Waals surface area (Å²) in [5, 5.41) is 0.370. The van der Waals surface area contributed by atoms with Gasteiger partial charge in [-0.3, -0.25) is 14.3 Å². The Morgan fingerprint density at radius 2 is 2.12 bits per heavy atom. The molecule has 0 amide bonds. The molecule has 1 aliphatic rings. The summed E-state index contributed by atoms with van der Waals surface area (Å²) in [7, 11) is 1.58. The number of hydrogen-bond acceptors (Lipinski definition) is 5. The summed E-state index contributed by atoms with van der Waals surface area (Å²) in [4.78, 5) is 31.8. The topological polar surface area (TPSA) is 86.2 Å². The molecule has 0 unspecified atom stereocenters. The van der Waals surface area contributed by atoms with E-state index in [2.05, 4.69) is 9.97 Å². The fourth-order valence-electron chi connectivity index (χ4n) is 3.46. The van der Waals surface area contributed by atoms with Gasteiger partial charge < -0.3 is 9.47 Å². The Labute approximate surface area is 149 Å². The van der Waals surface area contributed by atoms with Gasteiger partial charge in [0.15, 0.2) is 0 Å². The van der Waals surface area contributed by atoms with Gasteiger partial charge in [-0.25, -0.2) is 9.78 Å². The average Bonchev–Trinajstić information content (AvgIpc) is 3.17. The van der Waals surface area contributed by atoms with Crippen LogP contribution in [0.25, 0.3) is 22.2 Å². The number of benzene rings is 1. The molecule has 1 aliphatic heterocycles. The fraction of sp³-hybridized carbons (Fsp3) is 0.316. The number of nitrogens with zero attached hydrogens (tertiary/aromatic N) is 2. The zero-order chi connectivity index (χ0) is 18.1. The van der Waals surface area contributed by atoms with E-state index in [1.807, 2.05) is 24.3 Å². The first-order chi connectivity index (χ1) is 12.7. The highest BCUT2D eigenvalue weighted by molar-refractivity contribution is 5.93. The summed E-state index contributed by atoms with van der Waals surface area (Å²) in [5.74, 6) is 0.649. The molecule has 0 bridgehead atoms. The maximum absolute atomic E-state index is 12.6. The first kappa shape index (κ1) is 16.5. The lowest BCUT2D eigenvalue weighted by atomic mass is 10.0. The van der Waals surface area contributed by atoms with Crippen molar-refractivity contribution in [2.45, 2.75) is 25.5 Å². The molecule has 1 saturated heterocycles. The minimum Gasteiger partial charge on any atom is -0.496 e. The largest absolute Gasteiger partial charge is 0.496 e. The lowest BCUT2D eigenvalue weighted by molar-refractivity contribution is 0.0967. The van der Waals surface area contributed by atoms with E-state index in [1.54, 1.807) is 19.4 Å². The van der Waals surface area contributed by atoms with Gasteiger partial charge in [0.05, 0.1) is 25.1 Å². The number of pyridine rings is 1. The minimum absolute atomic E-state index is 0.0430. The van der Waals surface area contributed by atoms with Crippen molar-refractivity contribution in [2.24, 2.45) is 0 Å². The third-order valence-electron chi connectivity index (χ3n) is 4.69. The quantitative estimate of drug-likeness (QED) is 0.775. The molecule has 0 aliphatic carbocycles. The third-order valence-corrected chi connectivity index (χ3v) is 4.69. The second-order valence-electron chi connectivity index (χ2n) is 6.26. The highest BCUT2D eigenvalue weighted by Gasteiger charge is 2.21. The molecule has 26 heavy (non-hydrogen) atoms. The summed E-state index contributed by atoms with van der Waals surface area (Å²) in [6, 6.07) is 9.21. The number of hydrogen-bond donors (Lipinski definition) is 1. The molecule has 1 aromatic carbocycles.